The molecule has 0 aromatic rings. The Morgan fingerprint density at radius 2 is 2.27 bits per heavy atom. The zero-order chi connectivity index (χ0) is 8.10. The Kier molecular flexibility index (Phi) is 4.31. The Morgan fingerprint density at radius 1 is 1.45 bits per heavy atom. The van der Waals surface area contributed by atoms with Crippen molar-refractivity contribution in [3.8, 4) is 0 Å². The molecule has 0 N–H and O–H groups in total. The first-order valence-electron chi connectivity index (χ1n) is 4.60. The van der Waals surface area contributed by atoms with Crippen LogP contribution in [0.1, 0.15) is 39.0 Å². The van der Waals surface area contributed by atoms with Gasteiger partial charge in [0, 0.05) is 11.9 Å². The molecule has 0 bridgehead atoms. The van der Waals surface area contributed by atoms with Gasteiger partial charge in [-0.2, -0.15) is 0 Å². The normalized spacial score (nSPS) is 32.2. The van der Waals surface area contributed by atoms with Crippen LogP contribution in [0, 0.1) is 0 Å². The van der Waals surface area contributed by atoms with Crippen molar-refractivity contribution in [2.24, 2.45) is 0 Å². The van der Waals surface area contributed by atoms with E-state index in [0.29, 0.717) is 11.4 Å². The molecule has 1 saturated carbocycles. The van der Waals surface area contributed by atoms with Gasteiger partial charge in [0.15, 0.2) is 0 Å². The van der Waals surface area contributed by atoms with Gasteiger partial charge in [-0.1, -0.05) is 19.6 Å². The van der Waals surface area contributed by atoms with Crippen molar-refractivity contribution in [1.82, 2.24) is 0 Å². The predicted molar refractivity (Wildman–Crippen MR) is 49.9 cm³/mol. The lowest BCUT2D eigenvalue weighted by atomic mass is 9.97. The summed E-state index contributed by atoms with van der Waals surface area (Å²) in [6.07, 6.45) is 6.43. The van der Waals surface area contributed by atoms with E-state index in [1.165, 1.54) is 19.3 Å². The van der Waals surface area contributed by atoms with Gasteiger partial charge in [-0.25, -0.2) is 0 Å². The molecule has 0 saturated heterocycles. The average molecular weight is 173 g/mol. The van der Waals surface area contributed by atoms with E-state index in [4.69, 9.17) is 17.4 Å². The van der Waals surface area contributed by atoms with E-state index in [0.717, 1.165) is 19.4 Å². The van der Waals surface area contributed by atoms with Gasteiger partial charge in [0.05, 0.1) is 6.10 Å². The van der Waals surface area contributed by atoms with Crippen LogP contribution in [0.2, 0.25) is 0 Å². The van der Waals surface area contributed by atoms with E-state index in [9.17, 15) is 0 Å². The summed E-state index contributed by atoms with van der Waals surface area (Å²) < 4.78 is 5.64. The number of rotatable bonds is 3. The molecule has 1 radical (unpaired) electrons. The van der Waals surface area contributed by atoms with Crippen LogP contribution in [-0.2, 0) is 4.74 Å². The summed E-state index contributed by atoms with van der Waals surface area (Å²) in [6, 6.07) is 0. The van der Waals surface area contributed by atoms with Crippen LogP contribution in [0.4, 0.5) is 0 Å². The van der Waals surface area contributed by atoms with Gasteiger partial charge in [-0.05, 0) is 32.1 Å². The first-order valence-corrected chi connectivity index (χ1v) is 5.07. The van der Waals surface area contributed by atoms with Gasteiger partial charge in [0.25, 0.3) is 0 Å². The number of ether oxygens (including phenoxy) is 1. The Hall–Kier alpha value is 0.310. The number of hydrogen-bond acceptors (Lipinski definition) is 1. The van der Waals surface area contributed by atoms with Crippen LogP contribution in [0.5, 0.6) is 0 Å². The topological polar surface area (TPSA) is 9.23 Å². The Morgan fingerprint density at radius 3 is 2.91 bits per heavy atom. The van der Waals surface area contributed by atoms with Gasteiger partial charge < -0.3 is 4.74 Å². The monoisotopic (exact) mass is 173 g/mol. The highest BCUT2D eigenvalue weighted by Gasteiger charge is 2.19. The van der Waals surface area contributed by atoms with Gasteiger partial charge >= 0.3 is 0 Å². The van der Waals surface area contributed by atoms with E-state index < -0.39 is 0 Å². The van der Waals surface area contributed by atoms with Crippen molar-refractivity contribution in [1.29, 1.82) is 0 Å². The molecule has 1 nitrogen and oxygen atoms in total. The zero-order valence-electron chi connectivity index (χ0n) is 7.21. The molecule has 0 aliphatic heterocycles. The molecule has 0 spiro atoms. The first-order chi connectivity index (χ1) is 5.33. The Labute approximate surface area is 74.9 Å². The van der Waals surface area contributed by atoms with Crippen LogP contribution in [0.25, 0.3) is 0 Å². The van der Waals surface area contributed by atoms with Crippen molar-refractivity contribution in [3.63, 3.8) is 0 Å². The molecule has 0 aromatic heterocycles. The SMILES string of the molecule is CCCOC1CCCC([S])C1. The second-order valence-electron chi connectivity index (χ2n) is 3.28. The Bertz CT molecular complexity index is 106. The summed E-state index contributed by atoms with van der Waals surface area (Å²) in [5, 5.41) is 0.477. The third-order valence-corrected chi connectivity index (χ3v) is 2.56. The summed E-state index contributed by atoms with van der Waals surface area (Å²) in [5.74, 6) is 0. The molecule has 1 aliphatic rings. The van der Waals surface area contributed by atoms with E-state index in [1.54, 1.807) is 0 Å². The molecule has 2 unspecified atom stereocenters. The van der Waals surface area contributed by atoms with Crippen LogP contribution in [0.15, 0.2) is 0 Å². The minimum atomic E-state index is 0.477. The van der Waals surface area contributed by atoms with E-state index in [2.05, 4.69) is 6.92 Å². The smallest absolute Gasteiger partial charge is 0.0586 e. The maximum Gasteiger partial charge on any atom is 0.0586 e. The maximum absolute atomic E-state index is 5.64. The van der Waals surface area contributed by atoms with Crippen LogP contribution >= 0.6 is 12.6 Å². The second kappa shape index (κ2) is 5.04. The van der Waals surface area contributed by atoms with Gasteiger partial charge in [0.2, 0.25) is 0 Å². The van der Waals surface area contributed by atoms with Crippen molar-refractivity contribution in [3.05, 3.63) is 0 Å². The number of hydrogen-bond donors (Lipinski definition) is 0. The minimum Gasteiger partial charge on any atom is -0.378 e. The molecule has 0 aromatic carbocycles. The molecule has 65 valence electrons. The minimum absolute atomic E-state index is 0.477. The van der Waals surface area contributed by atoms with Gasteiger partial charge in [0.1, 0.15) is 0 Å². The maximum atomic E-state index is 5.64. The zero-order valence-corrected chi connectivity index (χ0v) is 8.03. The molecular weight excluding hydrogens is 156 g/mol. The lowest BCUT2D eigenvalue weighted by Crippen LogP contribution is -2.23. The molecule has 0 heterocycles. The summed E-state index contributed by atoms with van der Waals surface area (Å²) >= 11 is 5.24. The second-order valence-corrected chi connectivity index (χ2v) is 3.95. The third-order valence-electron chi connectivity index (χ3n) is 2.14. The van der Waals surface area contributed by atoms with Crippen LogP contribution < -0.4 is 0 Å². The highest BCUT2D eigenvalue weighted by atomic mass is 32.1. The fourth-order valence-corrected chi connectivity index (χ4v) is 1.92. The Balaban J connectivity index is 2.12. The molecule has 2 heteroatoms. The molecule has 0 amide bonds. The molecule has 1 fully saturated rings. The van der Waals surface area contributed by atoms with Gasteiger partial charge in [-0.15, -0.1) is 0 Å². The summed E-state index contributed by atoms with van der Waals surface area (Å²) in [7, 11) is 0. The van der Waals surface area contributed by atoms with Crippen molar-refractivity contribution < 1.29 is 4.74 Å². The average Bonchev–Trinajstić information content (AvgIpc) is 2.01. The molecular formula is C9H17OS. The van der Waals surface area contributed by atoms with Crippen LogP contribution in [-0.4, -0.2) is 18.0 Å². The van der Waals surface area contributed by atoms with E-state index in [1.807, 2.05) is 0 Å². The molecule has 1 rings (SSSR count). The van der Waals surface area contributed by atoms with Crippen molar-refractivity contribution in [2.75, 3.05) is 6.61 Å². The van der Waals surface area contributed by atoms with Gasteiger partial charge in [-0.3, -0.25) is 0 Å². The lowest BCUT2D eigenvalue weighted by Gasteiger charge is -2.25. The fraction of sp³-hybridized carbons (Fsp3) is 1.00. The predicted octanol–water partition coefficient (Wildman–Crippen LogP) is 2.92. The fourth-order valence-electron chi connectivity index (χ4n) is 1.54. The summed E-state index contributed by atoms with van der Waals surface area (Å²) in [5.41, 5.74) is 0. The largest absolute Gasteiger partial charge is 0.378 e. The van der Waals surface area contributed by atoms with Crippen LogP contribution in [0.3, 0.4) is 0 Å². The highest BCUT2D eigenvalue weighted by molar-refractivity contribution is 7.80. The molecule has 1 aliphatic carbocycles. The lowest BCUT2D eigenvalue weighted by molar-refractivity contribution is 0.0307. The van der Waals surface area contributed by atoms with E-state index in [-0.39, 0.29) is 0 Å². The third kappa shape index (κ3) is 3.48. The summed E-state index contributed by atoms with van der Waals surface area (Å²) in [4.78, 5) is 0. The first kappa shape index (κ1) is 9.40. The molecule has 2 atom stereocenters. The van der Waals surface area contributed by atoms with Crippen molar-refractivity contribution >= 4 is 12.6 Å². The van der Waals surface area contributed by atoms with E-state index >= 15 is 0 Å². The van der Waals surface area contributed by atoms with Crippen molar-refractivity contribution in [2.45, 2.75) is 50.4 Å². The summed E-state index contributed by atoms with van der Waals surface area (Å²) in [6.45, 7) is 3.06. The highest BCUT2D eigenvalue weighted by Crippen LogP contribution is 2.24. The standard InChI is InChI=1S/C9H17OS/c1-2-6-10-8-4-3-5-9(11)7-8/h8-9H,2-7H2,1H3. The quantitative estimate of drug-likeness (QED) is 0.637. The molecule has 11 heavy (non-hydrogen) atoms.